The normalized spacial score (nSPS) is 18.3. The average molecular weight is 221 g/mol. The first-order chi connectivity index (χ1) is 7.12. The Balaban J connectivity index is 2.37. The van der Waals surface area contributed by atoms with Crippen LogP contribution in [0, 0.1) is 6.92 Å². The maximum absolute atomic E-state index is 6.34. The molecule has 3 heteroatoms. The number of benzene rings is 1. The molecule has 1 saturated carbocycles. The summed E-state index contributed by atoms with van der Waals surface area (Å²) in [5, 5.41) is 9.10. The highest BCUT2D eigenvalue weighted by Gasteiger charge is 2.41. The minimum absolute atomic E-state index is 0.312. The maximum atomic E-state index is 6.34. The van der Waals surface area contributed by atoms with Gasteiger partial charge in [0.15, 0.2) is 0 Å². The first-order valence-electron chi connectivity index (χ1n) is 5.24. The molecule has 0 bridgehead atoms. The number of hydrogen-bond donors (Lipinski definition) is 1. The molecule has 1 aliphatic rings. The van der Waals surface area contributed by atoms with Crippen molar-refractivity contribution in [3.8, 4) is 0 Å². The van der Waals surface area contributed by atoms with E-state index in [1.54, 1.807) is 0 Å². The van der Waals surface area contributed by atoms with Crippen molar-refractivity contribution in [1.29, 1.82) is 0 Å². The largest absolute Gasteiger partial charge is 0.278 e. The molecule has 1 heterocycles. The lowest BCUT2D eigenvalue weighted by Gasteiger charge is -2.15. The van der Waals surface area contributed by atoms with E-state index < -0.39 is 0 Å². The van der Waals surface area contributed by atoms with E-state index in [-0.39, 0.29) is 0 Å². The molecule has 1 fully saturated rings. The van der Waals surface area contributed by atoms with Gasteiger partial charge in [0.1, 0.15) is 0 Å². The number of fused-ring (bicyclic) bond motifs is 1. The minimum Gasteiger partial charge on any atom is -0.278 e. The van der Waals surface area contributed by atoms with Gasteiger partial charge in [-0.15, -0.1) is 0 Å². The number of aryl methyl sites for hydroxylation is 1. The molecule has 78 valence electrons. The molecular formula is C12H13ClN2. The van der Waals surface area contributed by atoms with Crippen LogP contribution in [0.4, 0.5) is 0 Å². The Kier molecular flexibility index (Phi) is 1.70. The predicted molar refractivity (Wildman–Crippen MR) is 62.4 cm³/mol. The zero-order valence-electron chi connectivity index (χ0n) is 8.89. The number of halogens is 1. The minimum atomic E-state index is 0.312. The van der Waals surface area contributed by atoms with Crippen LogP contribution in [0.2, 0.25) is 5.02 Å². The van der Waals surface area contributed by atoms with E-state index in [1.807, 2.05) is 12.3 Å². The van der Waals surface area contributed by atoms with Crippen molar-refractivity contribution in [1.82, 2.24) is 10.2 Å². The van der Waals surface area contributed by atoms with Crippen LogP contribution in [-0.2, 0) is 5.41 Å². The molecule has 15 heavy (non-hydrogen) atoms. The third-order valence-corrected chi connectivity index (χ3v) is 3.86. The van der Waals surface area contributed by atoms with Gasteiger partial charge >= 0.3 is 0 Å². The topological polar surface area (TPSA) is 28.7 Å². The molecule has 2 aromatic rings. The molecule has 1 aromatic heterocycles. The second-order valence-corrected chi connectivity index (χ2v) is 5.16. The molecule has 3 rings (SSSR count). The molecule has 0 atom stereocenters. The van der Waals surface area contributed by atoms with Crippen molar-refractivity contribution in [2.75, 3.05) is 0 Å². The van der Waals surface area contributed by atoms with Crippen LogP contribution in [0.3, 0.4) is 0 Å². The molecule has 0 radical (unpaired) electrons. The summed E-state index contributed by atoms with van der Waals surface area (Å²) in [6.45, 7) is 4.43. The summed E-state index contributed by atoms with van der Waals surface area (Å²) in [5.74, 6) is 0. The van der Waals surface area contributed by atoms with Crippen LogP contribution < -0.4 is 0 Å². The lowest BCUT2D eigenvalue weighted by molar-refractivity contribution is 0.782. The van der Waals surface area contributed by atoms with E-state index in [4.69, 9.17) is 11.6 Å². The van der Waals surface area contributed by atoms with Gasteiger partial charge < -0.3 is 0 Å². The van der Waals surface area contributed by atoms with E-state index in [9.17, 15) is 0 Å². The predicted octanol–water partition coefficient (Wildman–Crippen LogP) is 3.58. The zero-order chi connectivity index (χ0) is 10.6. The quantitative estimate of drug-likeness (QED) is 0.782. The van der Waals surface area contributed by atoms with Gasteiger partial charge in [0.2, 0.25) is 0 Å². The Labute approximate surface area is 93.6 Å². The van der Waals surface area contributed by atoms with Gasteiger partial charge in [-0.2, -0.15) is 5.10 Å². The van der Waals surface area contributed by atoms with Gasteiger partial charge in [0.25, 0.3) is 0 Å². The average Bonchev–Trinajstić information content (AvgIpc) is 2.75. The fourth-order valence-corrected chi connectivity index (χ4v) is 2.88. The third-order valence-electron chi connectivity index (χ3n) is 3.56. The highest BCUT2D eigenvalue weighted by molar-refractivity contribution is 6.32. The van der Waals surface area contributed by atoms with Gasteiger partial charge in [-0.1, -0.05) is 18.5 Å². The van der Waals surface area contributed by atoms with E-state index in [0.717, 1.165) is 10.5 Å². The van der Waals surface area contributed by atoms with Crippen LogP contribution in [-0.4, -0.2) is 10.2 Å². The van der Waals surface area contributed by atoms with E-state index in [2.05, 4.69) is 24.0 Å². The lowest BCUT2D eigenvalue weighted by atomic mass is 9.92. The number of nitrogens with zero attached hydrogens (tertiary/aromatic N) is 1. The summed E-state index contributed by atoms with van der Waals surface area (Å²) in [6.07, 6.45) is 4.38. The standard InChI is InChI=1S/C12H13ClN2/c1-7-8-6-14-15-10(8)5-9(13)11(7)12(2)3-4-12/h5-6H,3-4H2,1-2H3,(H,14,15). The number of aromatic amines is 1. The lowest BCUT2D eigenvalue weighted by Crippen LogP contribution is -2.04. The molecule has 1 aromatic carbocycles. The molecule has 0 spiro atoms. The highest BCUT2D eigenvalue weighted by atomic mass is 35.5. The van der Waals surface area contributed by atoms with Gasteiger partial charge in [0.05, 0.1) is 11.7 Å². The Morgan fingerprint density at radius 1 is 1.47 bits per heavy atom. The molecule has 2 nitrogen and oxygen atoms in total. The van der Waals surface area contributed by atoms with Crippen molar-refractivity contribution >= 4 is 22.5 Å². The first kappa shape index (κ1) is 9.22. The number of aromatic nitrogens is 2. The Morgan fingerprint density at radius 2 is 2.20 bits per heavy atom. The SMILES string of the molecule is Cc1c(C2(C)CC2)c(Cl)cc2[nH]ncc12. The van der Waals surface area contributed by atoms with Gasteiger partial charge in [-0.05, 0) is 42.4 Å². The van der Waals surface area contributed by atoms with Crippen molar-refractivity contribution in [2.24, 2.45) is 0 Å². The van der Waals surface area contributed by atoms with Crippen molar-refractivity contribution < 1.29 is 0 Å². The van der Waals surface area contributed by atoms with Crippen LogP contribution in [0.1, 0.15) is 30.9 Å². The fraction of sp³-hybridized carbons (Fsp3) is 0.417. The van der Waals surface area contributed by atoms with Gasteiger partial charge in [-0.25, -0.2) is 0 Å². The van der Waals surface area contributed by atoms with Crippen LogP contribution in [0.15, 0.2) is 12.3 Å². The van der Waals surface area contributed by atoms with E-state index in [1.165, 1.54) is 29.4 Å². The van der Waals surface area contributed by atoms with Crippen LogP contribution in [0.5, 0.6) is 0 Å². The molecule has 1 aliphatic carbocycles. The molecule has 0 saturated heterocycles. The second kappa shape index (κ2) is 2.76. The highest BCUT2D eigenvalue weighted by Crippen LogP contribution is 2.52. The Morgan fingerprint density at radius 3 is 2.87 bits per heavy atom. The number of nitrogens with one attached hydrogen (secondary N) is 1. The fourth-order valence-electron chi connectivity index (χ4n) is 2.40. The summed E-state index contributed by atoms with van der Waals surface area (Å²) in [5.41, 5.74) is 3.95. The van der Waals surface area contributed by atoms with E-state index >= 15 is 0 Å². The van der Waals surface area contributed by atoms with Crippen molar-refractivity contribution in [3.63, 3.8) is 0 Å². The number of hydrogen-bond acceptors (Lipinski definition) is 1. The maximum Gasteiger partial charge on any atom is 0.0668 e. The Hall–Kier alpha value is -1.02. The number of rotatable bonds is 1. The molecule has 0 amide bonds. The number of H-pyrrole nitrogens is 1. The summed E-state index contributed by atoms with van der Waals surface area (Å²) >= 11 is 6.34. The zero-order valence-corrected chi connectivity index (χ0v) is 9.65. The van der Waals surface area contributed by atoms with E-state index in [0.29, 0.717) is 5.41 Å². The summed E-state index contributed by atoms with van der Waals surface area (Å²) < 4.78 is 0. The molecule has 0 aliphatic heterocycles. The Bertz CT molecular complexity index is 538. The molecule has 0 unspecified atom stereocenters. The van der Waals surface area contributed by atoms with Crippen molar-refractivity contribution in [2.45, 2.75) is 32.1 Å². The van der Waals surface area contributed by atoms with Gasteiger partial charge in [0, 0.05) is 10.4 Å². The first-order valence-corrected chi connectivity index (χ1v) is 5.62. The third kappa shape index (κ3) is 1.21. The smallest absolute Gasteiger partial charge is 0.0668 e. The second-order valence-electron chi connectivity index (χ2n) is 4.75. The van der Waals surface area contributed by atoms with Gasteiger partial charge in [-0.3, -0.25) is 5.10 Å². The summed E-state index contributed by atoms with van der Waals surface area (Å²) in [7, 11) is 0. The van der Waals surface area contributed by atoms with Crippen molar-refractivity contribution in [3.05, 3.63) is 28.4 Å². The molecular weight excluding hydrogens is 208 g/mol. The molecule has 1 N–H and O–H groups in total. The van der Waals surface area contributed by atoms with Crippen LogP contribution in [0.25, 0.3) is 10.9 Å². The van der Waals surface area contributed by atoms with Crippen LogP contribution >= 0.6 is 11.6 Å². The summed E-state index contributed by atoms with van der Waals surface area (Å²) in [6, 6.07) is 2.00. The summed E-state index contributed by atoms with van der Waals surface area (Å²) in [4.78, 5) is 0. The monoisotopic (exact) mass is 220 g/mol.